The topological polar surface area (TPSA) is 38.5 Å². The Labute approximate surface area is 120 Å². The van der Waals surface area contributed by atoms with Crippen LogP contribution in [0.5, 0.6) is 5.75 Å². The Kier molecular flexibility index (Phi) is 4.79. The summed E-state index contributed by atoms with van der Waals surface area (Å²) in [5.74, 6) is 1.42. The average Bonchev–Trinajstić information content (AvgIpc) is 3.01. The van der Waals surface area contributed by atoms with E-state index < -0.39 is 0 Å². The molecule has 0 saturated carbocycles. The van der Waals surface area contributed by atoms with E-state index >= 15 is 0 Å². The van der Waals surface area contributed by atoms with Crippen LogP contribution in [0.1, 0.15) is 44.4 Å². The highest BCUT2D eigenvalue weighted by Gasteiger charge is 2.13. The lowest BCUT2D eigenvalue weighted by Crippen LogP contribution is -2.21. The van der Waals surface area contributed by atoms with Crippen LogP contribution in [0.2, 0.25) is 0 Å². The Balaban J connectivity index is 2.01. The molecule has 0 aliphatic heterocycles. The second-order valence-electron chi connectivity index (χ2n) is 4.95. The van der Waals surface area contributed by atoms with Gasteiger partial charge in [0.1, 0.15) is 12.0 Å². The Hall–Kier alpha value is -1.81. The normalized spacial score (nSPS) is 14.2. The molecule has 0 aliphatic carbocycles. The van der Waals surface area contributed by atoms with E-state index in [0.29, 0.717) is 11.9 Å². The first-order valence-electron chi connectivity index (χ1n) is 6.98. The first kappa shape index (κ1) is 14.6. The van der Waals surface area contributed by atoms with E-state index in [1.807, 2.05) is 19.1 Å². The molecule has 0 fully saturated rings. The standard InChI is InChI=1S/C16H22N2O2/c1-5-18(4)12(2)14-6-8-15(9-7-14)20-13(3)16-17-10-11-19-16/h6-13H,5H2,1-4H3. The maximum Gasteiger partial charge on any atom is 0.235 e. The van der Waals surface area contributed by atoms with E-state index in [1.54, 1.807) is 12.5 Å². The number of nitrogens with zero attached hydrogens (tertiary/aromatic N) is 2. The van der Waals surface area contributed by atoms with Crippen molar-refractivity contribution in [1.82, 2.24) is 9.88 Å². The van der Waals surface area contributed by atoms with Gasteiger partial charge in [-0.15, -0.1) is 0 Å². The van der Waals surface area contributed by atoms with Gasteiger partial charge < -0.3 is 9.15 Å². The Morgan fingerprint density at radius 1 is 1.25 bits per heavy atom. The first-order chi connectivity index (χ1) is 9.61. The van der Waals surface area contributed by atoms with Gasteiger partial charge in [0.15, 0.2) is 6.10 Å². The molecule has 2 unspecified atom stereocenters. The Bertz CT molecular complexity index is 508. The molecule has 2 atom stereocenters. The van der Waals surface area contributed by atoms with Crippen LogP contribution >= 0.6 is 0 Å². The van der Waals surface area contributed by atoms with Gasteiger partial charge in [-0.25, -0.2) is 4.98 Å². The maximum atomic E-state index is 5.81. The van der Waals surface area contributed by atoms with Crippen molar-refractivity contribution < 1.29 is 9.15 Å². The summed E-state index contributed by atoms with van der Waals surface area (Å²) in [5.41, 5.74) is 1.28. The van der Waals surface area contributed by atoms with Gasteiger partial charge in [-0.3, -0.25) is 4.90 Å². The number of hydrogen-bond acceptors (Lipinski definition) is 4. The predicted molar refractivity (Wildman–Crippen MR) is 78.7 cm³/mol. The summed E-state index contributed by atoms with van der Waals surface area (Å²) in [6.07, 6.45) is 2.99. The Morgan fingerprint density at radius 2 is 1.95 bits per heavy atom. The smallest absolute Gasteiger partial charge is 0.235 e. The molecule has 4 heteroatoms. The molecular weight excluding hydrogens is 252 g/mol. The van der Waals surface area contributed by atoms with Gasteiger partial charge in [-0.1, -0.05) is 19.1 Å². The van der Waals surface area contributed by atoms with Crippen LogP contribution in [0.25, 0.3) is 0 Å². The first-order valence-corrected chi connectivity index (χ1v) is 6.98. The maximum absolute atomic E-state index is 5.81. The molecule has 0 saturated heterocycles. The molecule has 1 aromatic heterocycles. The van der Waals surface area contributed by atoms with Crippen LogP contribution in [0.4, 0.5) is 0 Å². The van der Waals surface area contributed by atoms with E-state index in [1.165, 1.54) is 5.56 Å². The average molecular weight is 274 g/mol. The molecule has 2 rings (SSSR count). The van der Waals surface area contributed by atoms with Crippen LogP contribution < -0.4 is 4.74 Å². The number of aromatic nitrogens is 1. The second kappa shape index (κ2) is 6.57. The van der Waals surface area contributed by atoms with Gasteiger partial charge in [0.2, 0.25) is 5.89 Å². The summed E-state index contributed by atoms with van der Waals surface area (Å²) in [5, 5.41) is 0. The van der Waals surface area contributed by atoms with Crippen molar-refractivity contribution in [2.24, 2.45) is 0 Å². The van der Waals surface area contributed by atoms with Crippen LogP contribution in [0, 0.1) is 0 Å². The number of ether oxygens (including phenoxy) is 1. The van der Waals surface area contributed by atoms with E-state index in [0.717, 1.165) is 12.3 Å². The number of benzene rings is 1. The molecule has 0 N–H and O–H groups in total. The summed E-state index contributed by atoms with van der Waals surface area (Å²) in [6, 6.07) is 8.60. The van der Waals surface area contributed by atoms with E-state index in [-0.39, 0.29) is 6.10 Å². The number of rotatable bonds is 6. The molecule has 20 heavy (non-hydrogen) atoms. The third-order valence-corrected chi connectivity index (χ3v) is 3.63. The zero-order chi connectivity index (χ0) is 14.5. The van der Waals surface area contributed by atoms with Crippen molar-refractivity contribution in [3.8, 4) is 5.75 Å². The van der Waals surface area contributed by atoms with Gasteiger partial charge in [-0.05, 0) is 45.1 Å². The summed E-state index contributed by atoms with van der Waals surface area (Å²) < 4.78 is 11.0. The highest BCUT2D eigenvalue weighted by molar-refractivity contribution is 5.29. The minimum absolute atomic E-state index is 0.188. The summed E-state index contributed by atoms with van der Waals surface area (Å²) in [4.78, 5) is 6.39. The zero-order valence-electron chi connectivity index (χ0n) is 12.5. The Morgan fingerprint density at radius 3 is 2.50 bits per heavy atom. The molecule has 0 aliphatic rings. The van der Waals surface area contributed by atoms with E-state index in [4.69, 9.17) is 9.15 Å². The van der Waals surface area contributed by atoms with E-state index in [9.17, 15) is 0 Å². The fourth-order valence-electron chi connectivity index (χ4n) is 2.04. The molecule has 0 amide bonds. The third-order valence-electron chi connectivity index (χ3n) is 3.63. The molecule has 1 heterocycles. The molecule has 0 spiro atoms. The summed E-state index contributed by atoms with van der Waals surface area (Å²) >= 11 is 0. The molecule has 1 aromatic carbocycles. The van der Waals surface area contributed by atoms with Gasteiger partial charge in [-0.2, -0.15) is 0 Å². The van der Waals surface area contributed by atoms with Gasteiger partial charge in [0, 0.05) is 6.04 Å². The third kappa shape index (κ3) is 3.39. The lowest BCUT2D eigenvalue weighted by molar-refractivity contribution is 0.188. The largest absolute Gasteiger partial charge is 0.481 e. The van der Waals surface area contributed by atoms with Crippen molar-refractivity contribution in [2.45, 2.75) is 32.9 Å². The lowest BCUT2D eigenvalue weighted by Gasteiger charge is -2.23. The van der Waals surface area contributed by atoms with Crippen molar-refractivity contribution >= 4 is 0 Å². The molecule has 2 aromatic rings. The SMILES string of the molecule is CCN(C)C(C)c1ccc(OC(C)c2ncco2)cc1. The van der Waals surface area contributed by atoms with Crippen molar-refractivity contribution in [2.75, 3.05) is 13.6 Å². The minimum Gasteiger partial charge on any atom is -0.481 e. The molecular formula is C16H22N2O2. The molecule has 0 radical (unpaired) electrons. The van der Waals surface area contributed by atoms with Gasteiger partial charge in [0.25, 0.3) is 0 Å². The molecule has 4 nitrogen and oxygen atoms in total. The van der Waals surface area contributed by atoms with E-state index in [2.05, 4.69) is 42.9 Å². The highest BCUT2D eigenvalue weighted by Crippen LogP contribution is 2.24. The number of hydrogen-bond donors (Lipinski definition) is 0. The summed E-state index contributed by atoms with van der Waals surface area (Å²) in [7, 11) is 2.12. The van der Waals surface area contributed by atoms with Crippen molar-refractivity contribution in [3.63, 3.8) is 0 Å². The fourth-order valence-corrected chi connectivity index (χ4v) is 2.04. The van der Waals surface area contributed by atoms with Gasteiger partial charge >= 0.3 is 0 Å². The monoisotopic (exact) mass is 274 g/mol. The summed E-state index contributed by atoms with van der Waals surface area (Å²) in [6.45, 7) is 7.31. The molecule has 108 valence electrons. The van der Waals surface area contributed by atoms with Crippen LogP contribution in [-0.2, 0) is 0 Å². The van der Waals surface area contributed by atoms with Crippen LogP contribution in [-0.4, -0.2) is 23.5 Å². The second-order valence-corrected chi connectivity index (χ2v) is 4.95. The van der Waals surface area contributed by atoms with Gasteiger partial charge in [0.05, 0.1) is 6.20 Å². The zero-order valence-corrected chi connectivity index (χ0v) is 12.5. The lowest BCUT2D eigenvalue weighted by atomic mass is 10.1. The highest BCUT2D eigenvalue weighted by atomic mass is 16.5. The number of oxazole rings is 1. The van der Waals surface area contributed by atoms with Crippen LogP contribution in [0.15, 0.2) is 41.1 Å². The molecule has 0 bridgehead atoms. The quantitative estimate of drug-likeness (QED) is 0.802. The van der Waals surface area contributed by atoms with Crippen LogP contribution in [0.3, 0.4) is 0 Å². The minimum atomic E-state index is -0.188. The predicted octanol–water partition coefficient (Wildman–Crippen LogP) is 3.83. The fraction of sp³-hybridized carbons (Fsp3) is 0.438. The van der Waals surface area contributed by atoms with Crippen molar-refractivity contribution in [1.29, 1.82) is 0 Å². The van der Waals surface area contributed by atoms with Crippen molar-refractivity contribution in [3.05, 3.63) is 48.2 Å².